The molecule has 226 valence electrons. The lowest BCUT2D eigenvalue weighted by Gasteiger charge is -2.44. The van der Waals surface area contributed by atoms with E-state index in [-0.39, 0.29) is 16.4 Å². The highest BCUT2D eigenvalue weighted by Crippen LogP contribution is 2.81. The molecule has 0 aliphatic heterocycles. The Morgan fingerprint density at radius 1 is 0.929 bits per heavy atom. The molecule has 5 heteroatoms. The number of hydrogen-bond donors (Lipinski definition) is 0. The smallest absolute Gasteiger partial charge is 0.313 e. The maximum Gasteiger partial charge on any atom is 0.313 e. The highest BCUT2D eigenvalue weighted by molar-refractivity contribution is 6.99. The number of methoxy groups -OCH3 is 1. The van der Waals surface area contributed by atoms with Gasteiger partial charge in [-0.05, 0) is 92.0 Å². The zero-order valence-electron chi connectivity index (χ0n) is 27.0. The Balaban J connectivity index is 1.39. The van der Waals surface area contributed by atoms with Gasteiger partial charge in [0.25, 0.3) is 8.32 Å². The summed E-state index contributed by atoms with van der Waals surface area (Å²) >= 11 is 0. The quantitative estimate of drug-likeness (QED) is 0.158. The van der Waals surface area contributed by atoms with Crippen molar-refractivity contribution in [2.45, 2.75) is 92.0 Å². The molecule has 5 atom stereocenters. The summed E-state index contributed by atoms with van der Waals surface area (Å²) < 4.78 is 12.6. The van der Waals surface area contributed by atoms with Crippen LogP contribution in [0.2, 0.25) is 5.04 Å². The van der Waals surface area contributed by atoms with Gasteiger partial charge in [0.05, 0.1) is 24.5 Å². The standard InChI is InChI=1S/C37H50O4Si/c1-26(30-22-31-32-23-37(30,27(2)38)24-36(31,32)7)16-15-21-35(6,33(39)40-8)25-41-42(34(3,4)5,28-17-11-9-12-18-28)29-19-13-10-14-20-29/h9-14,17-20,31-32H,15-16,21-25H2,1-8H3/b30-26+/t31-,32?,35-,36-,37+/m1/s1. The van der Waals surface area contributed by atoms with Crippen molar-refractivity contribution in [3.05, 3.63) is 71.8 Å². The number of fused-ring (bicyclic) bond motifs is 1. The second-order valence-electron chi connectivity index (χ2n) is 15.1. The number of Topliss-reactive ketones (excluding diaryl/α,β-unsaturated/α-hetero) is 1. The van der Waals surface area contributed by atoms with E-state index in [1.165, 1.54) is 28.6 Å². The molecule has 1 unspecified atom stereocenters. The molecule has 4 saturated carbocycles. The van der Waals surface area contributed by atoms with Gasteiger partial charge in [-0.15, -0.1) is 0 Å². The van der Waals surface area contributed by atoms with Gasteiger partial charge in [-0.2, -0.15) is 0 Å². The van der Waals surface area contributed by atoms with E-state index in [9.17, 15) is 9.59 Å². The lowest BCUT2D eigenvalue weighted by atomic mass is 9.62. The molecule has 0 aromatic heterocycles. The molecule has 0 N–H and O–H groups in total. The van der Waals surface area contributed by atoms with Gasteiger partial charge < -0.3 is 9.16 Å². The zero-order chi connectivity index (χ0) is 30.6. The van der Waals surface area contributed by atoms with Crippen LogP contribution in [0, 0.1) is 28.1 Å². The summed E-state index contributed by atoms with van der Waals surface area (Å²) in [6.45, 7) is 15.5. The van der Waals surface area contributed by atoms with Gasteiger partial charge >= 0.3 is 5.97 Å². The number of esters is 1. The van der Waals surface area contributed by atoms with Crippen LogP contribution in [0.15, 0.2) is 71.8 Å². The highest BCUT2D eigenvalue weighted by Gasteiger charge is 2.75. The summed E-state index contributed by atoms with van der Waals surface area (Å²) in [6.07, 6.45) is 5.57. The third kappa shape index (κ3) is 4.85. The van der Waals surface area contributed by atoms with E-state index in [1.807, 2.05) is 19.1 Å². The largest absolute Gasteiger partial charge is 0.469 e. The molecule has 4 fully saturated rings. The molecule has 0 amide bonds. The fourth-order valence-corrected chi connectivity index (χ4v) is 13.7. The summed E-state index contributed by atoms with van der Waals surface area (Å²) in [4.78, 5) is 26.4. The van der Waals surface area contributed by atoms with Crippen LogP contribution < -0.4 is 10.4 Å². The number of ether oxygens (including phenoxy) is 1. The molecule has 4 aliphatic rings. The van der Waals surface area contributed by atoms with E-state index >= 15 is 0 Å². The van der Waals surface area contributed by atoms with Crippen molar-refractivity contribution in [1.82, 2.24) is 0 Å². The Bertz CT molecular complexity index is 1320. The molecule has 6 rings (SSSR count). The van der Waals surface area contributed by atoms with Crippen LogP contribution in [0.25, 0.3) is 0 Å². The van der Waals surface area contributed by atoms with Crippen molar-refractivity contribution in [1.29, 1.82) is 0 Å². The maximum absolute atomic E-state index is 13.4. The number of ketones is 1. The molecule has 0 saturated heterocycles. The highest BCUT2D eigenvalue weighted by atomic mass is 28.4. The van der Waals surface area contributed by atoms with Crippen LogP contribution in [0.4, 0.5) is 0 Å². The van der Waals surface area contributed by atoms with Crippen LogP contribution in [0.3, 0.4) is 0 Å². The third-order valence-corrected chi connectivity index (χ3v) is 16.5. The van der Waals surface area contributed by atoms with Gasteiger partial charge in [0, 0.05) is 0 Å². The fraction of sp³-hybridized carbons (Fsp3) is 0.568. The summed E-state index contributed by atoms with van der Waals surface area (Å²) in [5.74, 6) is 1.61. The minimum atomic E-state index is -2.80. The van der Waals surface area contributed by atoms with Gasteiger partial charge in [0.1, 0.15) is 5.78 Å². The van der Waals surface area contributed by atoms with Gasteiger partial charge in [-0.1, -0.05) is 99.5 Å². The van der Waals surface area contributed by atoms with E-state index < -0.39 is 13.7 Å². The molecule has 4 bridgehead atoms. The SMILES string of the molecule is COC(=O)[C@](C)(CCC/C(C)=C1\C[C@@H]2C3C[C@@]1(C(C)=O)C[C@@]32C)CO[Si](c1ccccc1)(c1ccccc1)C(C)(C)C. The predicted octanol–water partition coefficient (Wildman–Crippen LogP) is 7.25. The van der Waals surface area contributed by atoms with E-state index in [0.29, 0.717) is 24.2 Å². The molecule has 0 heterocycles. The summed E-state index contributed by atoms with van der Waals surface area (Å²) in [7, 11) is -1.32. The van der Waals surface area contributed by atoms with Crippen molar-refractivity contribution in [2.75, 3.05) is 13.7 Å². The first-order valence-electron chi connectivity index (χ1n) is 15.8. The lowest BCUT2D eigenvalue weighted by Crippen LogP contribution is -2.67. The van der Waals surface area contributed by atoms with Crippen LogP contribution in [0.5, 0.6) is 0 Å². The molecular formula is C37H50O4Si. The van der Waals surface area contributed by atoms with Crippen molar-refractivity contribution in [3.63, 3.8) is 0 Å². The van der Waals surface area contributed by atoms with Gasteiger partial charge in [0.2, 0.25) is 0 Å². The fourth-order valence-electron chi connectivity index (χ4n) is 8.99. The molecule has 0 radical (unpaired) electrons. The van der Waals surface area contributed by atoms with Crippen molar-refractivity contribution in [3.8, 4) is 0 Å². The van der Waals surface area contributed by atoms with Crippen molar-refractivity contribution >= 4 is 30.4 Å². The Morgan fingerprint density at radius 3 is 1.95 bits per heavy atom. The van der Waals surface area contributed by atoms with E-state index in [4.69, 9.17) is 9.16 Å². The minimum absolute atomic E-state index is 0.173. The number of allylic oxidation sites excluding steroid dienone is 2. The first-order valence-corrected chi connectivity index (χ1v) is 17.7. The summed E-state index contributed by atoms with van der Waals surface area (Å²) in [5, 5.41) is 2.23. The van der Waals surface area contributed by atoms with Gasteiger partial charge in [-0.25, -0.2) is 0 Å². The van der Waals surface area contributed by atoms with Crippen LogP contribution >= 0.6 is 0 Å². The number of carbonyl (C=O) groups is 2. The first kappa shape index (κ1) is 30.9. The molecule has 0 spiro atoms. The zero-order valence-corrected chi connectivity index (χ0v) is 28.0. The Morgan fingerprint density at radius 2 is 1.50 bits per heavy atom. The predicted molar refractivity (Wildman–Crippen MR) is 172 cm³/mol. The van der Waals surface area contributed by atoms with E-state index in [0.717, 1.165) is 43.9 Å². The van der Waals surface area contributed by atoms with Crippen molar-refractivity contribution in [2.24, 2.45) is 28.1 Å². The monoisotopic (exact) mass is 586 g/mol. The molecule has 2 aromatic carbocycles. The Labute approximate surface area is 254 Å². The molecular weight excluding hydrogens is 536 g/mol. The maximum atomic E-state index is 13.4. The summed E-state index contributed by atoms with van der Waals surface area (Å²) in [5.41, 5.74) is 2.13. The van der Waals surface area contributed by atoms with Crippen LogP contribution in [0.1, 0.15) is 87.0 Å². The number of hydrogen-bond acceptors (Lipinski definition) is 4. The third-order valence-electron chi connectivity index (χ3n) is 11.5. The topological polar surface area (TPSA) is 52.6 Å². The molecule has 4 aliphatic carbocycles. The number of benzene rings is 2. The average Bonchev–Trinajstić information content (AvgIpc) is 3.41. The second-order valence-corrected chi connectivity index (χ2v) is 19.4. The summed E-state index contributed by atoms with van der Waals surface area (Å²) in [6, 6.07) is 21.1. The normalized spacial score (nSPS) is 29.0. The number of rotatable bonds is 11. The van der Waals surface area contributed by atoms with Crippen molar-refractivity contribution < 1.29 is 18.8 Å². The second kappa shape index (κ2) is 10.9. The van der Waals surface area contributed by atoms with Crippen LogP contribution in [-0.4, -0.2) is 33.8 Å². The average molecular weight is 587 g/mol. The minimum Gasteiger partial charge on any atom is -0.469 e. The van der Waals surface area contributed by atoms with Crippen LogP contribution in [-0.2, 0) is 18.8 Å². The first-order chi connectivity index (χ1) is 19.7. The van der Waals surface area contributed by atoms with E-state index in [2.05, 4.69) is 83.1 Å². The lowest BCUT2D eigenvalue weighted by molar-refractivity contribution is -0.154. The number of carbonyl (C=O) groups excluding carboxylic acids is 2. The Kier molecular flexibility index (Phi) is 8.02. The molecule has 2 aromatic rings. The van der Waals surface area contributed by atoms with E-state index in [1.54, 1.807) is 6.92 Å². The molecule has 4 nitrogen and oxygen atoms in total. The van der Waals surface area contributed by atoms with Gasteiger partial charge in [0.15, 0.2) is 0 Å². The Hall–Kier alpha value is -2.50. The van der Waals surface area contributed by atoms with Gasteiger partial charge in [-0.3, -0.25) is 9.59 Å². The molecule has 42 heavy (non-hydrogen) atoms.